The van der Waals surface area contributed by atoms with Gasteiger partial charge in [0.1, 0.15) is 0 Å². The third kappa shape index (κ3) is 4.78. The lowest BCUT2D eigenvalue weighted by molar-refractivity contribution is -0.0327. The molecular weight excluding hydrogens is 271 g/mol. The van der Waals surface area contributed by atoms with E-state index in [0.29, 0.717) is 0 Å². The molecule has 0 aliphatic heterocycles. The molecule has 0 aliphatic rings. The number of anilines is 1. The molecule has 5 nitrogen and oxygen atoms in total. The normalized spacial score (nSPS) is 11.3. The fraction of sp³-hybridized carbons (Fsp3) is 0.444. The second kappa shape index (κ2) is 5.89. The first-order valence-corrected chi connectivity index (χ1v) is 5.79. The van der Waals surface area contributed by atoms with Gasteiger partial charge in [-0.1, -0.05) is 0 Å². The average Bonchev–Trinajstić information content (AvgIpc) is 2.22. The summed E-state index contributed by atoms with van der Waals surface area (Å²) in [5.41, 5.74) is -4.04. The smallest absolute Gasteiger partial charge is 0.441 e. The molecule has 0 radical (unpaired) electrons. The number of alkyl halides is 3. The summed E-state index contributed by atoms with van der Waals surface area (Å²) in [6.45, 7) is 1.52. The molecule has 2 N–H and O–H groups in total. The van der Waals surface area contributed by atoms with Crippen LogP contribution in [-0.2, 0) is 0 Å². The predicted molar refractivity (Wildman–Crippen MR) is 60.7 cm³/mol. The first-order chi connectivity index (χ1) is 8.29. The van der Waals surface area contributed by atoms with E-state index in [9.17, 15) is 18.0 Å². The highest BCUT2D eigenvalue weighted by molar-refractivity contribution is 8.00. The van der Waals surface area contributed by atoms with E-state index in [4.69, 9.17) is 5.11 Å². The zero-order chi connectivity index (χ0) is 13.8. The van der Waals surface area contributed by atoms with Crippen molar-refractivity contribution >= 4 is 23.7 Å². The molecule has 0 aliphatic carbocycles. The van der Waals surface area contributed by atoms with E-state index in [2.05, 4.69) is 15.3 Å². The van der Waals surface area contributed by atoms with Crippen LogP contribution in [0.1, 0.15) is 16.1 Å². The van der Waals surface area contributed by atoms with Crippen LogP contribution in [0.25, 0.3) is 0 Å². The molecule has 0 bridgehead atoms. The van der Waals surface area contributed by atoms with Crippen molar-refractivity contribution in [2.75, 3.05) is 17.6 Å². The summed E-state index contributed by atoms with van der Waals surface area (Å²) in [7, 11) is 0. The third-order valence-corrected chi connectivity index (χ3v) is 2.60. The summed E-state index contributed by atoms with van der Waals surface area (Å²) in [5, 5.41) is 11.3. The summed E-state index contributed by atoms with van der Waals surface area (Å²) in [6.07, 6.45) is 1.11. The van der Waals surface area contributed by atoms with Crippen LogP contribution in [0.2, 0.25) is 0 Å². The van der Waals surface area contributed by atoms with Crippen LogP contribution >= 0.6 is 11.8 Å². The molecule has 0 spiro atoms. The third-order valence-electron chi connectivity index (χ3n) is 1.86. The van der Waals surface area contributed by atoms with Gasteiger partial charge >= 0.3 is 11.5 Å². The molecule has 18 heavy (non-hydrogen) atoms. The number of halogens is 3. The van der Waals surface area contributed by atoms with Crippen LogP contribution in [-0.4, -0.2) is 38.8 Å². The molecule has 0 saturated carbocycles. The van der Waals surface area contributed by atoms with Gasteiger partial charge in [0.2, 0.25) is 5.95 Å². The van der Waals surface area contributed by atoms with Gasteiger partial charge in [0.25, 0.3) is 0 Å². The Kier molecular flexibility index (Phi) is 4.76. The van der Waals surface area contributed by atoms with E-state index in [1.54, 1.807) is 0 Å². The van der Waals surface area contributed by atoms with Crippen LogP contribution in [0.3, 0.4) is 0 Å². The van der Waals surface area contributed by atoms with Crippen molar-refractivity contribution in [3.8, 4) is 0 Å². The Balaban J connectivity index is 2.49. The zero-order valence-corrected chi connectivity index (χ0v) is 10.1. The monoisotopic (exact) mass is 281 g/mol. The number of thioether (sulfide) groups is 1. The largest absolute Gasteiger partial charge is 0.478 e. The van der Waals surface area contributed by atoms with Crippen LogP contribution in [0.15, 0.2) is 6.20 Å². The quantitative estimate of drug-likeness (QED) is 0.805. The Hall–Kier alpha value is -1.51. The van der Waals surface area contributed by atoms with Crippen molar-refractivity contribution in [2.45, 2.75) is 12.4 Å². The summed E-state index contributed by atoms with van der Waals surface area (Å²) in [4.78, 5) is 18.2. The lowest BCUT2D eigenvalue weighted by Gasteiger charge is -2.07. The minimum absolute atomic E-state index is 0.0368. The van der Waals surface area contributed by atoms with E-state index < -0.39 is 11.5 Å². The van der Waals surface area contributed by atoms with Crippen molar-refractivity contribution in [2.24, 2.45) is 0 Å². The number of aryl methyl sites for hydroxylation is 1. The Morgan fingerprint density at radius 2 is 2.22 bits per heavy atom. The molecular formula is C9H10F3N3O2S. The number of rotatable bonds is 5. The van der Waals surface area contributed by atoms with Crippen molar-refractivity contribution in [3.63, 3.8) is 0 Å². The van der Waals surface area contributed by atoms with Gasteiger partial charge in [-0.25, -0.2) is 14.8 Å². The molecule has 0 atom stereocenters. The van der Waals surface area contributed by atoms with Gasteiger partial charge in [0.15, 0.2) is 0 Å². The standard InChI is InChI=1S/C9H10F3N3O2S/c1-5-6(7(16)17)4-14-8(15-5)13-2-3-18-9(10,11)12/h4H,2-3H2,1H3,(H,16,17)(H,13,14,15). The number of carbonyl (C=O) groups is 1. The van der Waals surface area contributed by atoms with Gasteiger partial charge < -0.3 is 10.4 Å². The van der Waals surface area contributed by atoms with Gasteiger partial charge in [-0.05, 0) is 18.7 Å². The van der Waals surface area contributed by atoms with Gasteiger partial charge in [-0.2, -0.15) is 13.2 Å². The number of aromatic carboxylic acids is 1. The lowest BCUT2D eigenvalue weighted by atomic mass is 10.2. The van der Waals surface area contributed by atoms with Crippen molar-refractivity contribution in [1.29, 1.82) is 0 Å². The maximum Gasteiger partial charge on any atom is 0.441 e. The molecule has 0 fully saturated rings. The van der Waals surface area contributed by atoms with Crippen LogP contribution in [0.4, 0.5) is 19.1 Å². The van der Waals surface area contributed by atoms with Gasteiger partial charge in [0.05, 0.1) is 11.3 Å². The molecule has 1 aromatic rings. The predicted octanol–water partition coefficient (Wildman–Crippen LogP) is 2.15. The molecule has 0 saturated heterocycles. The number of carboxylic acid groups (broad SMARTS) is 1. The van der Waals surface area contributed by atoms with Crippen LogP contribution in [0, 0.1) is 6.92 Å². The SMILES string of the molecule is Cc1nc(NCCSC(F)(F)F)ncc1C(=O)O. The molecule has 0 amide bonds. The number of aromatic nitrogens is 2. The Bertz CT molecular complexity index is 440. The van der Waals surface area contributed by atoms with Gasteiger partial charge in [-0.15, -0.1) is 0 Å². The molecule has 1 aromatic heterocycles. The van der Waals surface area contributed by atoms with Crippen LogP contribution < -0.4 is 5.32 Å². The number of carboxylic acids is 1. The molecule has 100 valence electrons. The fourth-order valence-corrected chi connectivity index (χ4v) is 1.53. The van der Waals surface area contributed by atoms with Crippen molar-refractivity contribution in [3.05, 3.63) is 17.5 Å². The maximum absolute atomic E-state index is 11.8. The lowest BCUT2D eigenvalue weighted by Crippen LogP contribution is -2.12. The topological polar surface area (TPSA) is 75.1 Å². The first kappa shape index (κ1) is 14.6. The zero-order valence-electron chi connectivity index (χ0n) is 9.28. The summed E-state index contributed by atoms with van der Waals surface area (Å²) >= 11 is -0.147. The second-order valence-corrected chi connectivity index (χ2v) is 4.38. The van der Waals surface area contributed by atoms with Gasteiger partial charge in [0, 0.05) is 18.5 Å². The summed E-state index contributed by atoms with van der Waals surface area (Å²) < 4.78 is 35.5. The van der Waals surface area contributed by atoms with Crippen molar-refractivity contribution in [1.82, 2.24) is 9.97 Å². The number of nitrogens with one attached hydrogen (secondary N) is 1. The minimum atomic E-state index is -4.26. The van der Waals surface area contributed by atoms with Gasteiger partial charge in [-0.3, -0.25) is 0 Å². The second-order valence-electron chi connectivity index (χ2n) is 3.22. The maximum atomic E-state index is 11.8. The average molecular weight is 281 g/mol. The van der Waals surface area contributed by atoms with E-state index in [1.807, 2.05) is 0 Å². The van der Waals surface area contributed by atoms with Crippen LogP contribution in [0.5, 0.6) is 0 Å². The first-order valence-electron chi connectivity index (χ1n) is 4.81. The number of hydrogen-bond acceptors (Lipinski definition) is 5. The minimum Gasteiger partial charge on any atom is -0.478 e. The highest BCUT2D eigenvalue weighted by Gasteiger charge is 2.27. The molecule has 1 rings (SSSR count). The van der Waals surface area contributed by atoms with E-state index >= 15 is 0 Å². The van der Waals surface area contributed by atoms with E-state index in [1.165, 1.54) is 6.92 Å². The molecule has 9 heteroatoms. The number of nitrogens with zero attached hydrogens (tertiary/aromatic N) is 2. The van der Waals surface area contributed by atoms with Crippen molar-refractivity contribution < 1.29 is 23.1 Å². The highest BCUT2D eigenvalue weighted by Crippen LogP contribution is 2.29. The number of hydrogen-bond donors (Lipinski definition) is 2. The summed E-state index contributed by atoms with van der Waals surface area (Å²) in [5.74, 6) is -1.21. The molecule has 0 unspecified atom stereocenters. The Labute approximate surface area is 105 Å². The highest BCUT2D eigenvalue weighted by atomic mass is 32.2. The Morgan fingerprint density at radius 3 is 2.72 bits per heavy atom. The van der Waals surface area contributed by atoms with E-state index in [0.717, 1.165) is 6.20 Å². The fourth-order valence-electron chi connectivity index (χ4n) is 1.09. The van der Waals surface area contributed by atoms with E-state index in [-0.39, 0.29) is 41.3 Å². The summed E-state index contributed by atoms with van der Waals surface area (Å²) in [6, 6.07) is 0. The Morgan fingerprint density at radius 1 is 1.56 bits per heavy atom. The molecule has 0 aromatic carbocycles. The molecule has 1 heterocycles.